The summed E-state index contributed by atoms with van der Waals surface area (Å²) in [7, 11) is 0. The van der Waals surface area contributed by atoms with Crippen LogP contribution in [0.4, 0.5) is 5.69 Å². The molecular weight excluding hydrogens is 536 g/mol. The van der Waals surface area contributed by atoms with Crippen LogP contribution in [-0.2, 0) is 11.2 Å². The van der Waals surface area contributed by atoms with E-state index in [4.69, 9.17) is 14.7 Å². The molecule has 8 aliphatic rings. The molecule has 0 aromatic heterocycles. The molecule has 4 aliphatic carbocycles. The number of fused-ring (bicyclic) bond motifs is 8. The van der Waals surface area contributed by atoms with Crippen molar-refractivity contribution in [1.29, 1.82) is 0 Å². The molecule has 0 bridgehead atoms. The molecule has 43 heavy (non-hydrogen) atoms. The molecule has 2 unspecified atom stereocenters. The van der Waals surface area contributed by atoms with Crippen molar-refractivity contribution in [2.24, 2.45) is 15.9 Å². The Morgan fingerprint density at radius 2 is 1.81 bits per heavy atom. The van der Waals surface area contributed by atoms with Crippen molar-refractivity contribution in [2.75, 3.05) is 4.90 Å². The van der Waals surface area contributed by atoms with Crippen molar-refractivity contribution in [2.45, 2.75) is 31.8 Å². The number of amides is 2. The summed E-state index contributed by atoms with van der Waals surface area (Å²) in [6.45, 7) is 0. The fraction of sp³-hybridized carbons (Fsp3) is 0.167. The van der Waals surface area contributed by atoms with E-state index in [-0.39, 0.29) is 23.8 Å². The highest BCUT2D eigenvalue weighted by atomic mass is 16.5. The molecule has 7 heteroatoms. The monoisotopic (exact) mass is 560 g/mol. The normalized spacial score (nSPS) is 24.9. The van der Waals surface area contributed by atoms with Crippen LogP contribution in [0.3, 0.4) is 0 Å². The third-order valence-corrected chi connectivity index (χ3v) is 9.50. The maximum absolute atomic E-state index is 13.8. The number of allylic oxidation sites excluding steroid dienone is 7. The lowest BCUT2D eigenvalue weighted by molar-refractivity contribution is -0.121. The van der Waals surface area contributed by atoms with Gasteiger partial charge in [0.05, 0.1) is 33.9 Å². The number of hydrogen-bond acceptors (Lipinski definition) is 5. The van der Waals surface area contributed by atoms with Crippen molar-refractivity contribution in [1.82, 2.24) is 4.90 Å². The second kappa shape index (κ2) is 8.16. The lowest BCUT2D eigenvalue weighted by Crippen LogP contribution is -2.34. The summed E-state index contributed by atoms with van der Waals surface area (Å²) in [6, 6.07) is 11.8. The van der Waals surface area contributed by atoms with Crippen LogP contribution in [0.15, 0.2) is 123 Å². The lowest BCUT2D eigenvalue weighted by Gasteiger charge is -2.33. The summed E-state index contributed by atoms with van der Waals surface area (Å²) in [5.41, 5.74) is 10.0. The maximum atomic E-state index is 13.8. The van der Waals surface area contributed by atoms with Gasteiger partial charge in [-0.1, -0.05) is 42.5 Å². The van der Waals surface area contributed by atoms with Crippen LogP contribution in [0.5, 0.6) is 5.75 Å². The molecule has 0 spiro atoms. The number of carbonyl (C=O) groups excluding carboxylic acids is 2. The molecule has 2 aromatic rings. The molecule has 7 nitrogen and oxygen atoms in total. The molecule has 1 fully saturated rings. The third kappa shape index (κ3) is 3.03. The highest BCUT2D eigenvalue weighted by Gasteiger charge is 2.45. The fourth-order valence-corrected chi connectivity index (χ4v) is 7.61. The van der Waals surface area contributed by atoms with Gasteiger partial charge in [-0.2, -0.15) is 0 Å². The van der Waals surface area contributed by atoms with Gasteiger partial charge in [-0.05, 0) is 67.3 Å². The number of amidine groups is 2. The van der Waals surface area contributed by atoms with E-state index in [9.17, 15) is 9.59 Å². The zero-order chi connectivity index (χ0) is 28.4. The minimum absolute atomic E-state index is 0.0713. The summed E-state index contributed by atoms with van der Waals surface area (Å²) in [5, 5.41) is 0. The van der Waals surface area contributed by atoms with Crippen molar-refractivity contribution in [3.63, 3.8) is 0 Å². The quantitative estimate of drug-likeness (QED) is 0.457. The van der Waals surface area contributed by atoms with E-state index in [0.29, 0.717) is 35.0 Å². The van der Waals surface area contributed by atoms with E-state index in [1.165, 1.54) is 5.56 Å². The van der Waals surface area contributed by atoms with Crippen LogP contribution < -0.4 is 9.64 Å². The second-order valence-corrected chi connectivity index (χ2v) is 11.9. The van der Waals surface area contributed by atoms with Crippen molar-refractivity contribution in [3.05, 3.63) is 135 Å². The van der Waals surface area contributed by atoms with Gasteiger partial charge in [0.2, 0.25) is 0 Å². The predicted octanol–water partition coefficient (Wildman–Crippen LogP) is 5.94. The van der Waals surface area contributed by atoms with Crippen molar-refractivity contribution < 1.29 is 14.3 Å². The van der Waals surface area contributed by atoms with Gasteiger partial charge in [0.25, 0.3) is 11.8 Å². The number of carbonyl (C=O) groups is 2. The Kier molecular flexibility index (Phi) is 4.42. The Balaban J connectivity index is 0.970. The summed E-state index contributed by atoms with van der Waals surface area (Å²) >= 11 is 0. The number of rotatable bonds is 2. The number of aryl methyl sites for hydroxylation is 1. The Morgan fingerprint density at radius 3 is 2.77 bits per heavy atom. The zero-order valence-electron chi connectivity index (χ0n) is 23.1. The highest BCUT2D eigenvalue weighted by Crippen LogP contribution is 2.46. The highest BCUT2D eigenvalue weighted by molar-refractivity contribution is 6.38. The van der Waals surface area contributed by atoms with Crippen LogP contribution in [0.2, 0.25) is 0 Å². The fourth-order valence-electron chi connectivity index (χ4n) is 7.61. The van der Waals surface area contributed by atoms with E-state index in [2.05, 4.69) is 42.5 Å². The Labute approximate surface area is 247 Å². The van der Waals surface area contributed by atoms with Gasteiger partial charge in [0, 0.05) is 34.6 Å². The Hall–Kier alpha value is -5.30. The minimum Gasteiger partial charge on any atom is -0.486 e. The van der Waals surface area contributed by atoms with Crippen LogP contribution in [-0.4, -0.2) is 34.5 Å². The lowest BCUT2D eigenvalue weighted by atomic mass is 9.83. The van der Waals surface area contributed by atoms with E-state index < -0.39 is 0 Å². The first-order valence-corrected chi connectivity index (χ1v) is 14.9. The molecule has 0 N–H and O–H groups in total. The number of hydrogen-bond donors (Lipinski definition) is 0. The summed E-state index contributed by atoms with van der Waals surface area (Å²) in [5.74, 6) is 2.04. The third-order valence-electron chi connectivity index (χ3n) is 9.50. The molecule has 206 valence electrons. The standard InChI is InChI=1S/C36H24N4O3/c41-35-25-17-21(13-15-23(25)33-37-27-9-1-5-19-7-3-11-29(31(19)27)39(33)35)43-22-14-16-24-26(18-22)36(42)40-30-12-4-8-20-6-2-10-28(32(20)30)38-34(24)40/h1,3-5,8-12,14-19,21H,2,6-7,13H2. The summed E-state index contributed by atoms with van der Waals surface area (Å²) in [6.07, 6.45) is 19.7. The van der Waals surface area contributed by atoms with Crippen LogP contribution in [0.1, 0.15) is 46.3 Å². The van der Waals surface area contributed by atoms with Gasteiger partial charge < -0.3 is 4.74 Å². The van der Waals surface area contributed by atoms with Crippen LogP contribution in [0, 0.1) is 5.92 Å². The number of aliphatic imine (C=N–C) groups is 2. The first kappa shape index (κ1) is 23.3. The Morgan fingerprint density at radius 1 is 0.884 bits per heavy atom. The predicted molar refractivity (Wildman–Crippen MR) is 164 cm³/mol. The van der Waals surface area contributed by atoms with Gasteiger partial charge in [0.1, 0.15) is 23.5 Å². The SMILES string of the molecule is O=C1C2=CC(Oc3ccc4c(c3)C(=O)N3C4=NC4=CCCc5cccc3c54)CC=C2C2=NC3=CC=CC4CC=CC(=C34)N12. The molecule has 2 aromatic carbocycles. The van der Waals surface area contributed by atoms with E-state index in [1.807, 2.05) is 42.5 Å². The minimum atomic E-state index is -0.346. The van der Waals surface area contributed by atoms with Gasteiger partial charge in [-0.15, -0.1) is 0 Å². The topological polar surface area (TPSA) is 74.6 Å². The van der Waals surface area contributed by atoms with Crippen molar-refractivity contribution >= 4 is 34.9 Å². The van der Waals surface area contributed by atoms with Gasteiger partial charge >= 0.3 is 0 Å². The molecule has 1 saturated heterocycles. The molecular formula is C36H24N4O3. The Bertz CT molecular complexity index is 2060. The molecule has 2 atom stereocenters. The van der Waals surface area contributed by atoms with Gasteiger partial charge in [-0.3, -0.25) is 19.4 Å². The van der Waals surface area contributed by atoms with Crippen LogP contribution >= 0.6 is 0 Å². The molecule has 10 rings (SSSR count). The number of nitrogens with zero attached hydrogens (tertiary/aromatic N) is 4. The average Bonchev–Trinajstić information content (AvgIpc) is 3.47. The largest absolute Gasteiger partial charge is 0.486 e. The first-order chi connectivity index (χ1) is 21.1. The molecule has 0 radical (unpaired) electrons. The number of ether oxygens (including phenoxy) is 1. The van der Waals surface area contributed by atoms with E-state index in [0.717, 1.165) is 64.3 Å². The van der Waals surface area contributed by atoms with Crippen LogP contribution in [0.25, 0.3) is 5.70 Å². The molecule has 4 heterocycles. The average molecular weight is 561 g/mol. The summed E-state index contributed by atoms with van der Waals surface area (Å²) < 4.78 is 6.41. The maximum Gasteiger partial charge on any atom is 0.264 e. The molecule has 0 saturated carbocycles. The van der Waals surface area contributed by atoms with Gasteiger partial charge in [0.15, 0.2) is 0 Å². The number of benzene rings is 2. The first-order valence-electron chi connectivity index (χ1n) is 14.9. The van der Waals surface area contributed by atoms with Crippen molar-refractivity contribution in [3.8, 4) is 5.75 Å². The molecule has 2 amide bonds. The van der Waals surface area contributed by atoms with Gasteiger partial charge in [-0.25, -0.2) is 9.98 Å². The van der Waals surface area contributed by atoms with E-state index >= 15 is 0 Å². The number of anilines is 1. The molecule has 4 aliphatic heterocycles. The van der Waals surface area contributed by atoms with E-state index in [1.54, 1.807) is 9.80 Å². The smallest absolute Gasteiger partial charge is 0.264 e. The second-order valence-electron chi connectivity index (χ2n) is 11.9. The zero-order valence-corrected chi connectivity index (χ0v) is 23.1. The summed E-state index contributed by atoms with van der Waals surface area (Å²) in [4.78, 5) is 40.9.